The summed E-state index contributed by atoms with van der Waals surface area (Å²) in [6, 6.07) is 0. The summed E-state index contributed by atoms with van der Waals surface area (Å²) in [4.78, 5) is 10.2. The largest absolute Gasteiger partial charge is 0.358 e. The molecular weight excluding hydrogens is 128 g/mol. The number of unbranched alkanes of at least 4 members (excludes halogenated alkanes) is 2. The van der Waals surface area contributed by atoms with Crippen LogP contribution in [0.3, 0.4) is 0 Å². The smallest absolute Gasteiger partial charge is 0.247 e. The van der Waals surface area contributed by atoms with Gasteiger partial charge >= 0.3 is 5.97 Å². The Morgan fingerprint density at radius 2 is 2.00 bits per heavy atom. The topological polar surface area (TPSA) is 37.0 Å². The number of rotatable bonds is 5. The van der Waals surface area contributed by atoms with E-state index in [2.05, 4.69) is 6.92 Å². The molecule has 0 heterocycles. The van der Waals surface area contributed by atoms with Crippen LogP contribution in [0, 0.1) is 5.92 Å². The predicted octanol–water partition coefficient (Wildman–Crippen LogP) is 2.16. The highest BCUT2D eigenvalue weighted by Gasteiger charge is 2.11. The first-order valence-electron chi connectivity index (χ1n) is 3.89. The fourth-order valence-corrected chi connectivity index (χ4v) is 0.818. The Kier molecular flexibility index (Phi) is 4.99. The molecule has 10 heavy (non-hydrogen) atoms. The second-order valence-corrected chi connectivity index (χ2v) is 2.72. The van der Waals surface area contributed by atoms with E-state index >= 15 is 0 Å². The lowest BCUT2D eigenvalue weighted by atomic mass is 10.0. The third-order valence-corrected chi connectivity index (χ3v) is 1.64. The van der Waals surface area contributed by atoms with Crippen LogP contribution in [0.1, 0.15) is 39.5 Å². The van der Waals surface area contributed by atoms with Crippen molar-refractivity contribution in [2.75, 3.05) is 0 Å². The highest BCUT2D eigenvalue weighted by molar-refractivity contribution is 5.68. The molecule has 0 aliphatic rings. The third kappa shape index (κ3) is 4.36. The van der Waals surface area contributed by atoms with E-state index in [-0.39, 0.29) is 5.92 Å². The maximum atomic E-state index is 10.2. The first-order chi connectivity index (χ1) is 4.68. The summed E-state index contributed by atoms with van der Waals surface area (Å²) in [5.41, 5.74) is 0. The highest BCUT2D eigenvalue weighted by Crippen LogP contribution is 2.08. The Morgan fingerprint density at radius 1 is 1.40 bits per heavy atom. The van der Waals surface area contributed by atoms with E-state index < -0.39 is 5.97 Å². The van der Waals surface area contributed by atoms with E-state index in [0.717, 1.165) is 25.7 Å². The molecule has 0 aromatic carbocycles. The second kappa shape index (κ2) is 5.27. The van der Waals surface area contributed by atoms with Crippen LogP contribution in [0.15, 0.2) is 0 Å². The average Bonchev–Trinajstić information content (AvgIpc) is 1.88. The van der Waals surface area contributed by atoms with Gasteiger partial charge in [-0.3, -0.25) is 0 Å². The SMILES string of the molecule is CCCCCC(C)C([O])=O. The lowest BCUT2D eigenvalue weighted by Crippen LogP contribution is -2.07. The Bertz CT molecular complexity index is 99.4. The first-order valence-corrected chi connectivity index (χ1v) is 3.89. The molecule has 0 aliphatic carbocycles. The van der Waals surface area contributed by atoms with Gasteiger partial charge in [-0.1, -0.05) is 33.1 Å². The molecule has 0 aromatic heterocycles. The van der Waals surface area contributed by atoms with Crippen LogP contribution in [0.4, 0.5) is 0 Å². The first kappa shape index (κ1) is 9.47. The molecule has 0 rings (SSSR count). The van der Waals surface area contributed by atoms with Crippen molar-refractivity contribution < 1.29 is 9.90 Å². The van der Waals surface area contributed by atoms with E-state index in [0.29, 0.717) is 0 Å². The minimum Gasteiger partial charge on any atom is -0.247 e. The van der Waals surface area contributed by atoms with Gasteiger partial charge in [-0.2, -0.15) is 0 Å². The van der Waals surface area contributed by atoms with Crippen LogP contribution in [0.2, 0.25) is 0 Å². The zero-order valence-corrected chi connectivity index (χ0v) is 6.72. The van der Waals surface area contributed by atoms with Gasteiger partial charge in [0.25, 0.3) is 0 Å². The Balaban J connectivity index is 3.21. The number of hydrogen-bond acceptors (Lipinski definition) is 1. The Labute approximate surface area is 62.2 Å². The third-order valence-electron chi connectivity index (χ3n) is 1.64. The molecule has 0 saturated heterocycles. The monoisotopic (exact) mass is 143 g/mol. The van der Waals surface area contributed by atoms with Crippen LogP contribution >= 0.6 is 0 Å². The Morgan fingerprint density at radius 3 is 2.40 bits per heavy atom. The summed E-state index contributed by atoms with van der Waals surface area (Å²) in [7, 11) is 0. The predicted molar refractivity (Wildman–Crippen MR) is 39.0 cm³/mol. The van der Waals surface area contributed by atoms with Crippen molar-refractivity contribution in [2.24, 2.45) is 5.92 Å². The quantitative estimate of drug-likeness (QED) is 0.543. The molecule has 0 saturated carbocycles. The minimum atomic E-state index is -0.920. The molecule has 2 heteroatoms. The number of carbonyl (C=O) groups excluding carboxylic acids is 1. The van der Waals surface area contributed by atoms with E-state index in [4.69, 9.17) is 0 Å². The lowest BCUT2D eigenvalue weighted by Gasteiger charge is -2.01. The molecule has 2 nitrogen and oxygen atoms in total. The van der Waals surface area contributed by atoms with Crippen LogP contribution in [0.5, 0.6) is 0 Å². The molecule has 0 spiro atoms. The fourth-order valence-electron chi connectivity index (χ4n) is 0.818. The highest BCUT2D eigenvalue weighted by atomic mass is 16.4. The van der Waals surface area contributed by atoms with Gasteiger partial charge in [0.1, 0.15) is 0 Å². The molecule has 1 unspecified atom stereocenters. The molecule has 0 aliphatic heterocycles. The molecule has 1 radical (unpaired) electrons. The van der Waals surface area contributed by atoms with Gasteiger partial charge in [-0.15, -0.1) is 0 Å². The number of hydrogen-bond donors (Lipinski definition) is 0. The van der Waals surface area contributed by atoms with E-state index in [1.807, 2.05) is 0 Å². The van der Waals surface area contributed by atoms with Crippen molar-refractivity contribution in [1.29, 1.82) is 0 Å². The van der Waals surface area contributed by atoms with Crippen LogP contribution in [-0.2, 0) is 9.90 Å². The molecule has 1 atom stereocenters. The second-order valence-electron chi connectivity index (χ2n) is 2.72. The zero-order valence-electron chi connectivity index (χ0n) is 6.72. The molecule has 0 amide bonds. The van der Waals surface area contributed by atoms with Gasteiger partial charge < -0.3 is 0 Å². The molecule has 0 fully saturated rings. The van der Waals surface area contributed by atoms with Gasteiger partial charge in [0.15, 0.2) is 0 Å². The maximum absolute atomic E-state index is 10.2. The number of carbonyl (C=O) groups is 1. The van der Waals surface area contributed by atoms with Crippen molar-refractivity contribution in [3.8, 4) is 0 Å². The van der Waals surface area contributed by atoms with E-state index in [1.54, 1.807) is 6.92 Å². The van der Waals surface area contributed by atoms with Crippen molar-refractivity contribution in [3.63, 3.8) is 0 Å². The summed E-state index contributed by atoms with van der Waals surface area (Å²) >= 11 is 0. The molecule has 0 aromatic rings. The zero-order chi connectivity index (χ0) is 7.98. The molecular formula is C8H15O2. The molecule has 0 N–H and O–H groups in total. The van der Waals surface area contributed by atoms with Gasteiger partial charge in [-0.25, -0.2) is 9.90 Å². The normalized spacial score (nSPS) is 13.0. The average molecular weight is 143 g/mol. The summed E-state index contributed by atoms with van der Waals surface area (Å²) in [5.74, 6) is -1.19. The van der Waals surface area contributed by atoms with Gasteiger partial charge in [0.05, 0.1) is 5.92 Å². The van der Waals surface area contributed by atoms with Crippen LogP contribution in [-0.4, -0.2) is 5.97 Å². The summed E-state index contributed by atoms with van der Waals surface area (Å²) in [6.45, 7) is 3.80. The fraction of sp³-hybridized carbons (Fsp3) is 0.875. The molecule has 0 bridgehead atoms. The lowest BCUT2D eigenvalue weighted by molar-refractivity contribution is -0.147. The van der Waals surface area contributed by atoms with Gasteiger partial charge in [-0.05, 0) is 6.42 Å². The van der Waals surface area contributed by atoms with E-state index in [1.165, 1.54) is 0 Å². The van der Waals surface area contributed by atoms with Crippen LogP contribution < -0.4 is 0 Å². The standard InChI is InChI=1S/C8H15O2/c1-3-4-5-6-7(2)8(9)10/h7H,3-6H2,1-2H3. The van der Waals surface area contributed by atoms with Gasteiger partial charge in [0.2, 0.25) is 0 Å². The summed E-state index contributed by atoms with van der Waals surface area (Å²) in [5, 5.41) is 10.2. The van der Waals surface area contributed by atoms with Crippen molar-refractivity contribution in [2.45, 2.75) is 39.5 Å². The maximum Gasteiger partial charge on any atom is 0.358 e. The van der Waals surface area contributed by atoms with E-state index in [9.17, 15) is 9.90 Å². The van der Waals surface area contributed by atoms with Crippen molar-refractivity contribution in [1.82, 2.24) is 0 Å². The Hall–Kier alpha value is -0.530. The summed E-state index contributed by atoms with van der Waals surface area (Å²) < 4.78 is 0. The molecule has 59 valence electrons. The van der Waals surface area contributed by atoms with Crippen molar-refractivity contribution >= 4 is 5.97 Å². The van der Waals surface area contributed by atoms with Crippen molar-refractivity contribution in [3.05, 3.63) is 0 Å². The van der Waals surface area contributed by atoms with Crippen LogP contribution in [0.25, 0.3) is 0 Å². The van der Waals surface area contributed by atoms with Gasteiger partial charge in [0, 0.05) is 0 Å². The summed E-state index contributed by atoms with van der Waals surface area (Å²) in [6.07, 6.45) is 4.03. The minimum absolute atomic E-state index is 0.272.